The van der Waals surface area contributed by atoms with Crippen LogP contribution in [-0.2, 0) is 14.3 Å². The molecule has 2 amide bonds. The summed E-state index contributed by atoms with van der Waals surface area (Å²) >= 11 is 0. The van der Waals surface area contributed by atoms with Crippen molar-refractivity contribution in [3.05, 3.63) is 29.3 Å². The van der Waals surface area contributed by atoms with Gasteiger partial charge in [-0.25, -0.2) is 0 Å². The van der Waals surface area contributed by atoms with Crippen LogP contribution in [-0.4, -0.2) is 43.5 Å². The minimum absolute atomic E-state index is 0.0491. The number of benzene rings is 1. The lowest BCUT2D eigenvalue weighted by Crippen LogP contribution is -2.34. The van der Waals surface area contributed by atoms with Crippen LogP contribution in [0.3, 0.4) is 0 Å². The number of nitrogens with zero attached hydrogens (tertiary/aromatic N) is 1. The number of hydrogen-bond acceptors (Lipinski definition) is 3. The van der Waals surface area contributed by atoms with E-state index in [4.69, 9.17) is 4.74 Å². The molecule has 0 unspecified atom stereocenters. The molecule has 0 bridgehead atoms. The van der Waals surface area contributed by atoms with Gasteiger partial charge < -0.3 is 15.0 Å². The van der Waals surface area contributed by atoms with E-state index in [9.17, 15) is 9.59 Å². The van der Waals surface area contributed by atoms with E-state index in [-0.39, 0.29) is 18.2 Å². The summed E-state index contributed by atoms with van der Waals surface area (Å²) in [5.41, 5.74) is 2.92. The molecule has 0 fully saturated rings. The first-order chi connectivity index (χ1) is 9.95. The number of carbonyl (C=O) groups is 2. The van der Waals surface area contributed by atoms with Gasteiger partial charge in [0.25, 0.3) is 0 Å². The van der Waals surface area contributed by atoms with E-state index in [2.05, 4.69) is 5.32 Å². The average molecular weight is 292 g/mol. The van der Waals surface area contributed by atoms with Gasteiger partial charge in [-0.15, -0.1) is 0 Å². The lowest BCUT2D eigenvalue weighted by Gasteiger charge is -2.20. The fourth-order valence-electron chi connectivity index (χ4n) is 2.08. The number of hydrogen-bond donors (Lipinski definition) is 1. The molecule has 1 aromatic rings. The van der Waals surface area contributed by atoms with Crippen molar-refractivity contribution >= 4 is 17.5 Å². The summed E-state index contributed by atoms with van der Waals surface area (Å²) in [6.45, 7) is 6.79. The highest BCUT2D eigenvalue weighted by Crippen LogP contribution is 2.19. The highest BCUT2D eigenvalue weighted by molar-refractivity contribution is 5.92. The fourth-order valence-corrected chi connectivity index (χ4v) is 2.08. The van der Waals surface area contributed by atoms with Crippen LogP contribution < -0.4 is 5.32 Å². The molecule has 0 aliphatic carbocycles. The van der Waals surface area contributed by atoms with Crippen molar-refractivity contribution in [3.8, 4) is 0 Å². The number of rotatable bonds is 7. The normalized spacial score (nSPS) is 10.3. The predicted molar refractivity (Wildman–Crippen MR) is 83.3 cm³/mol. The molecule has 21 heavy (non-hydrogen) atoms. The van der Waals surface area contributed by atoms with Gasteiger partial charge >= 0.3 is 0 Å². The second kappa shape index (κ2) is 8.42. The summed E-state index contributed by atoms with van der Waals surface area (Å²) in [6, 6.07) is 5.88. The molecule has 0 aliphatic heterocycles. The highest BCUT2D eigenvalue weighted by atomic mass is 16.5. The first-order valence-corrected chi connectivity index (χ1v) is 7.06. The number of nitrogens with one attached hydrogen (secondary N) is 1. The topological polar surface area (TPSA) is 58.6 Å². The van der Waals surface area contributed by atoms with Gasteiger partial charge in [0.1, 0.15) is 0 Å². The molecule has 0 heterocycles. The van der Waals surface area contributed by atoms with E-state index in [1.807, 2.05) is 32.0 Å². The summed E-state index contributed by atoms with van der Waals surface area (Å²) in [6.07, 6.45) is 0.275. The summed E-state index contributed by atoms with van der Waals surface area (Å²) in [4.78, 5) is 25.1. The van der Waals surface area contributed by atoms with E-state index < -0.39 is 0 Å². The molecular formula is C16H24N2O3. The van der Waals surface area contributed by atoms with E-state index in [1.54, 1.807) is 12.0 Å². The zero-order valence-corrected chi connectivity index (χ0v) is 13.2. The van der Waals surface area contributed by atoms with E-state index in [1.165, 1.54) is 6.92 Å². The Hall–Kier alpha value is -1.88. The number of aryl methyl sites for hydroxylation is 2. The van der Waals surface area contributed by atoms with Crippen molar-refractivity contribution in [2.45, 2.75) is 27.2 Å². The van der Waals surface area contributed by atoms with Crippen LogP contribution in [0.2, 0.25) is 0 Å². The minimum Gasteiger partial charge on any atom is -0.383 e. The highest BCUT2D eigenvalue weighted by Gasteiger charge is 2.12. The molecule has 0 atom stereocenters. The van der Waals surface area contributed by atoms with Gasteiger partial charge in [-0.1, -0.05) is 18.2 Å². The molecule has 0 radical (unpaired) electrons. The Morgan fingerprint density at radius 1 is 1.19 bits per heavy atom. The fraction of sp³-hybridized carbons (Fsp3) is 0.500. The van der Waals surface area contributed by atoms with E-state index in [0.29, 0.717) is 19.7 Å². The minimum atomic E-state index is -0.0870. The first kappa shape index (κ1) is 17.2. The number of methoxy groups -OCH3 is 1. The Labute approximate surface area is 126 Å². The third-order valence-corrected chi connectivity index (χ3v) is 3.36. The number of carbonyl (C=O) groups excluding carboxylic acids is 2. The van der Waals surface area contributed by atoms with E-state index >= 15 is 0 Å². The molecule has 0 saturated heterocycles. The van der Waals surface area contributed by atoms with Gasteiger partial charge in [-0.05, 0) is 25.0 Å². The molecule has 1 N–H and O–H groups in total. The summed E-state index contributed by atoms with van der Waals surface area (Å²) in [7, 11) is 1.59. The zero-order valence-electron chi connectivity index (χ0n) is 13.2. The average Bonchev–Trinajstić information content (AvgIpc) is 2.42. The Kier molecular flexibility index (Phi) is 6.88. The second-order valence-electron chi connectivity index (χ2n) is 5.06. The molecule has 5 nitrogen and oxygen atoms in total. The van der Waals surface area contributed by atoms with Crippen molar-refractivity contribution in [2.24, 2.45) is 0 Å². The third kappa shape index (κ3) is 5.55. The lowest BCUT2D eigenvalue weighted by atomic mass is 10.1. The second-order valence-corrected chi connectivity index (χ2v) is 5.06. The predicted octanol–water partition coefficient (Wildman–Crippen LogP) is 2.13. The van der Waals surface area contributed by atoms with Crippen LogP contribution in [0.4, 0.5) is 5.69 Å². The maximum atomic E-state index is 12.0. The van der Waals surface area contributed by atoms with Crippen LogP contribution in [0.15, 0.2) is 18.2 Å². The molecule has 1 rings (SSSR count). The standard InChI is InChI=1S/C16H24N2O3/c1-12-6-5-7-13(2)16(12)17-15(20)8-9-18(14(3)19)10-11-21-4/h5-7H,8-11H2,1-4H3,(H,17,20). The Morgan fingerprint density at radius 2 is 1.81 bits per heavy atom. The van der Waals surface area contributed by atoms with Crippen LogP contribution in [0.1, 0.15) is 24.5 Å². The molecule has 0 spiro atoms. The Bertz CT molecular complexity index is 480. The van der Waals surface area contributed by atoms with Crippen molar-refractivity contribution in [2.75, 3.05) is 32.1 Å². The van der Waals surface area contributed by atoms with Crippen LogP contribution >= 0.6 is 0 Å². The third-order valence-electron chi connectivity index (χ3n) is 3.36. The van der Waals surface area contributed by atoms with Gasteiger partial charge in [0.05, 0.1) is 6.61 Å². The van der Waals surface area contributed by atoms with E-state index in [0.717, 1.165) is 16.8 Å². The molecule has 0 aliphatic rings. The first-order valence-electron chi connectivity index (χ1n) is 7.06. The summed E-state index contributed by atoms with van der Waals surface area (Å²) < 4.78 is 4.96. The molecule has 5 heteroatoms. The zero-order chi connectivity index (χ0) is 15.8. The monoisotopic (exact) mass is 292 g/mol. The van der Waals surface area contributed by atoms with Crippen LogP contribution in [0, 0.1) is 13.8 Å². The number of ether oxygens (including phenoxy) is 1. The number of amides is 2. The maximum Gasteiger partial charge on any atom is 0.226 e. The van der Waals surface area contributed by atoms with Gasteiger partial charge in [-0.2, -0.15) is 0 Å². The van der Waals surface area contributed by atoms with Gasteiger partial charge in [0.2, 0.25) is 11.8 Å². The van der Waals surface area contributed by atoms with Crippen molar-refractivity contribution in [1.82, 2.24) is 4.90 Å². The lowest BCUT2D eigenvalue weighted by molar-refractivity contribution is -0.130. The van der Waals surface area contributed by atoms with Crippen molar-refractivity contribution < 1.29 is 14.3 Å². The summed E-state index contributed by atoms with van der Waals surface area (Å²) in [5, 5.41) is 2.92. The van der Waals surface area contributed by atoms with Crippen LogP contribution in [0.25, 0.3) is 0 Å². The molecule has 0 saturated carbocycles. The Balaban J connectivity index is 2.55. The van der Waals surface area contributed by atoms with Gasteiger partial charge in [-0.3, -0.25) is 9.59 Å². The van der Waals surface area contributed by atoms with Gasteiger partial charge in [0, 0.05) is 39.2 Å². The van der Waals surface area contributed by atoms with Crippen molar-refractivity contribution in [1.29, 1.82) is 0 Å². The SMILES string of the molecule is COCCN(CCC(=O)Nc1c(C)cccc1C)C(C)=O. The van der Waals surface area contributed by atoms with Gasteiger partial charge in [0.15, 0.2) is 0 Å². The quantitative estimate of drug-likeness (QED) is 0.837. The maximum absolute atomic E-state index is 12.0. The smallest absolute Gasteiger partial charge is 0.226 e. The molecular weight excluding hydrogens is 268 g/mol. The largest absolute Gasteiger partial charge is 0.383 e. The number of anilines is 1. The molecule has 116 valence electrons. The molecule has 1 aromatic carbocycles. The molecule has 0 aromatic heterocycles. The van der Waals surface area contributed by atoms with Crippen LogP contribution in [0.5, 0.6) is 0 Å². The Morgan fingerprint density at radius 3 is 2.33 bits per heavy atom. The summed E-state index contributed by atoms with van der Waals surface area (Å²) in [5.74, 6) is -0.136. The number of para-hydroxylation sites is 1. The van der Waals surface area contributed by atoms with Crippen molar-refractivity contribution in [3.63, 3.8) is 0 Å².